The Morgan fingerprint density at radius 3 is 2.55 bits per heavy atom. The van der Waals surface area contributed by atoms with Crippen LogP contribution in [0.5, 0.6) is 0 Å². The molecule has 0 radical (unpaired) electrons. The van der Waals surface area contributed by atoms with E-state index in [1.54, 1.807) is 23.4 Å². The van der Waals surface area contributed by atoms with E-state index in [9.17, 15) is 9.59 Å². The van der Waals surface area contributed by atoms with E-state index in [2.05, 4.69) is 15.2 Å². The van der Waals surface area contributed by atoms with Crippen LogP contribution in [0.1, 0.15) is 45.2 Å². The number of anilines is 1. The van der Waals surface area contributed by atoms with Gasteiger partial charge < -0.3 is 19.8 Å². The fourth-order valence-electron chi connectivity index (χ4n) is 5.24. The maximum atomic E-state index is 12.6. The van der Waals surface area contributed by atoms with Gasteiger partial charge in [-0.25, -0.2) is 14.5 Å². The second-order valence-corrected chi connectivity index (χ2v) is 12.0. The lowest BCUT2D eigenvalue weighted by Crippen LogP contribution is -2.42. The Bertz CT molecular complexity index is 1840. The second-order valence-electron chi connectivity index (χ2n) is 12.0. The quantitative estimate of drug-likeness (QED) is 0.250. The molecule has 11 heteroatoms. The monoisotopic (exact) mass is 593 g/mol. The minimum atomic E-state index is -0.511. The fourth-order valence-corrected chi connectivity index (χ4v) is 5.24. The third-order valence-electron chi connectivity index (χ3n) is 7.44. The third-order valence-corrected chi connectivity index (χ3v) is 7.44. The Labute approximate surface area is 254 Å². The number of rotatable bonds is 6. The van der Waals surface area contributed by atoms with Crippen molar-refractivity contribution < 1.29 is 13.9 Å². The molecule has 6 rings (SSSR count). The fraction of sp³-hybridized carbons (Fsp3) is 0.303. The highest BCUT2D eigenvalue weighted by Gasteiger charge is 2.28. The van der Waals surface area contributed by atoms with Crippen LogP contribution in [0.4, 0.5) is 10.5 Å². The van der Waals surface area contributed by atoms with Crippen molar-refractivity contribution in [1.29, 1.82) is 0 Å². The highest BCUT2D eigenvalue weighted by atomic mass is 16.6. The van der Waals surface area contributed by atoms with Crippen LogP contribution in [0.15, 0.2) is 88.5 Å². The zero-order valence-corrected chi connectivity index (χ0v) is 25.0. The van der Waals surface area contributed by atoms with E-state index < -0.39 is 5.60 Å². The number of carbonyl (C=O) groups is 1. The summed E-state index contributed by atoms with van der Waals surface area (Å²) in [5.41, 5.74) is 9.85. The van der Waals surface area contributed by atoms with Crippen LogP contribution in [-0.2, 0) is 11.3 Å². The Hall–Kier alpha value is -5.19. The Morgan fingerprint density at radius 2 is 1.77 bits per heavy atom. The average molecular weight is 594 g/mol. The van der Waals surface area contributed by atoms with E-state index in [4.69, 9.17) is 14.9 Å². The van der Waals surface area contributed by atoms with Crippen molar-refractivity contribution in [3.63, 3.8) is 0 Å². The van der Waals surface area contributed by atoms with E-state index in [1.807, 2.05) is 80.2 Å². The first-order chi connectivity index (χ1) is 21.1. The number of nitrogens with zero attached hydrogens (tertiary/aromatic N) is 6. The molecule has 0 atom stereocenters. The minimum absolute atomic E-state index is 0.177. The summed E-state index contributed by atoms with van der Waals surface area (Å²) in [4.78, 5) is 31.3. The zero-order valence-electron chi connectivity index (χ0n) is 25.0. The van der Waals surface area contributed by atoms with Crippen molar-refractivity contribution in [2.45, 2.75) is 51.8 Å². The van der Waals surface area contributed by atoms with Crippen LogP contribution >= 0.6 is 0 Å². The van der Waals surface area contributed by atoms with Gasteiger partial charge in [-0.05, 0) is 69.5 Å². The Balaban J connectivity index is 1.13. The number of amides is 1. The van der Waals surface area contributed by atoms with Crippen LogP contribution < -0.4 is 11.3 Å². The summed E-state index contributed by atoms with van der Waals surface area (Å²) in [6.45, 7) is 7.14. The second kappa shape index (κ2) is 11.8. The van der Waals surface area contributed by atoms with E-state index in [0.29, 0.717) is 36.1 Å². The van der Waals surface area contributed by atoms with Crippen LogP contribution in [0.2, 0.25) is 0 Å². The highest BCUT2D eigenvalue weighted by molar-refractivity contribution is 5.68. The van der Waals surface area contributed by atoms with Gasteiger partial charge >= 0.3 is 6.09 Å². The smallest absolute Gasteiger partial charge is 0.410 e. The normalized spacial score (nSPS) is 14.1. The molecule has 1 amide bonds. The zero-order chi connectivity index (χ0) is 30.8. The largest absolute Gasteiger partial charge is 0.444 e. The Morgan fingerprint density at radius 1 is 1.00 bits per heavy atom. The van der Waals surface area contributed by atoms with Gasteiger partial charge in [0.1, 0.15) is 5.60 Å². The number of likely N-dealkylation sites (tertiary alicyclic amines) is 1. The molecule has 0 saturated carbocycles. The Kier molecular flexibility index (Phi) is 7.77. The average Bonchev–Trinajstić information content (AvgIpc) is 3.69. The number of nitrogen functional groups attached to an aromatic ring is 1. The number of ether oxygens (including phenoxy) is 1. The van der Waals surface area contributed by atoms with Gasteiger partial charge in [0.05, 0.1) is 36.2 Å². The van der Waals surface area contributed by atoms with Gasteiger partial charge in [0.15, 0.2) is 5.76 Å². The minimum Gasteiger partial charge on any atom is -0.444 e. The molecular formula is C33H35N7O4. The first-order valence-corrected chi connectivity index (χ1v) is 14.6. The van der Waals surface area contributed by atoms with Gasteiger partial charge in [-0.1, -0.05) is 24.3 Å². The van der Waals surface area contributed by atoms with Crippen LogP contribution in [0.25, 0.3) is 34.0 Å². The van der Waals surface area contributed by atoms with Crippen molar-refractivity contribution in [3.05, 3.63) is 95.2 Å². The predicted molar refractivity (Wildman–Crippen MR) is 167 cm³/mol. The van der Waals surface area contributed by atoms with Crippen molar-refractivity contribution >= 4 is 11.8 Å². The molecular weight excluding hydrogens is 558 g/mol. The van der Waals surface area contributed by atoms with Crippen LogP contribution in [-0.4, -0.2) is 54.2 Å². The SMILES string of the molecule is CC(C)(C)OC(=O)N1CCC(n2cc(-c3cnc(-c4cccc(Cn5nc(-c6cccc(N)c6)ccc5=O)c4)o3)cn2)CC1. The molecule has 0 spiro atoms. The molecule has 3 aromatic heterocycles. The summed E-state index contributed by atoms with van der Waals surface area (Å²) in [5, 5.41) is 9.15. The van der Waals surface area contributed by atoms with Gasteiger partial charge in [-0.15, -0.1) is 0 Å². The molecule has 1 fully saturated rings. The number of oxazole rings is 1. The van der Waals surface area contributed by atoms with Crippen LogP contribution in [0, 0.1) is 0 Å². The number of carbonyl (C=O) groups excluding carboxylic acids is 1. The van der Waals surface area contributed by atoms with Gasteiger partial charge in [-0.2, -0.15) is 10.2 Å². The standard InChI is InChI=1S/C33H35N7O4/c1-33(2,3)44-32(42)38-14-12-27(13-15-38)39-21-25(18-36-39)29-19-35-31(43-29)24-8-4-6-22(16-24)20-40-30(41)11-10-28(37-40)23-7-5-9-26(34)17-23/h4-11,16-19,21,27H,12-15,20,34H2,1-3H3. The lowest BCUT2D eigenvalue weighted by Gasteiger charge is -2.33. The number of hydrogen-bond donors (Lipinski definition) is 1. The van der Waals surface area contributed by atoms with Gasteiger partial charge in [0, 0.05) is 42.2 Å². The lowest BCUT2D eigenvalue weighted by atomic mass is 10.1. The van der Waals surface area contributed by atoms with E-state index in [-0.39, 0.29) is 24.2 Å². The summed E-state index contributed by atoms with van der Waals surface area (Å²) < 4.78 is 15.0. The summed E-state index contributed by atoms with van der Waals surface area (Å²) in [6.07, 6.45) is 6.72. The van der Waals surface area contributed by atoms with E-state index in [0.717, 1.165) is 35.1 Å². The molecule has 1 saturated heterocycles. The third kappa shape index (κ3) is 6.56. The molecule has 4 heterocycles. The maximum Gasteiger partial charge on any atom is 0.410 e. The van der Waals surface area contributed by atoms with Gasteiger partial charge in [-0.3, -0.25) is 9.48 Å². The van der Waals surface area contributed by atoms with Gasteiger partial charge in [0.2, 0.25) is 5.89 Å². The number of piperidine rings is 1. The van der Waals surface area contributed by atoms with Crippen molar-refractivity contribution in [2.24, 2.45) is 0 Å². The summed E-state index contributed by atoms with van der Waals surface area (Å²) in [6, 6.07) is 18.5. The summed E-state index contributed by atoms with van der Waals surface area (Å²) in [5.74, 6) is 1.07. The molecule has 0 bridgehead atoms. The number of hydrogen-bond acceptors (Lipinski definition) is 8. The van der Waals surface area contributed by atoms with Gasteiger partial charge in [0.25, 0.3) is 5.56 Å². The van der Waals surface area contributed by atoms with Crippen molar-refractivity contribution in [1.82, 2.24) is 29.4 Å². The predicted octanol–water partition coefficient (Wildman–Crippen LogP) is 5.63. The molecule has 44 heavy (non-hydrogen) atoms. The lowest BCUT2D eigenvalue weighted by molar-refractivity contribution is 0.0185. The topological polar surface area (TPSA) is 134 Å². The molecule has 0 unspecified atom stereocenters. The summed E-state index contributed by atoms with van der Waals surface area (Å²) >= 11 is 0. The molecule has 11 nitrogen and oxygen atoms in total. The molecule has 1 aliphatic heterocycles. The van der Waals surface area contributed by atoms with E-state index in [1.165, 1.54) is 10.7 Å². The molecule has 2 N–H and O–H groups in total. The molecule has 2 aromatic carbocycles. The van der Waals surface area contributed by atoms with Crippen molar-refractivity contribution in [2.75, 3.05) is 18.8 Å². The van der Waals surface area contributed by atoms with E-state index >= 15 is 0 Å². The number of nitrogens with two attached hydrogens (primary N) is 1. The first-order valence-electron chi connectivity index (χ1n) is 14.6. The number of aromatic nitrogens is 5. The molecule has 1 aliphatic rings. The maximum absolute atomic E-state index is 12.6. The first kappa shape index (κ1) is 28.9. The summed E-state index contributed by atoms with van der Waals surface area (Å²) in [7, 11) is 0. The number of benzene rings is 2. The molecule has 0 aliphatic carbocycles. The highest BCUT2D eigenvalue weighted by Crippen LogP contribution is 2.29. The van der Waals surface area contributed by atoms with Crippen molar-refractivity contribution in [3.8, 4) is 34.0 Å². The molecule has 5 aromatic rings. The molecule has 226 valence electrons. The van der Waals surface area contributed by atoms with Crippen LogP contribution in [0.3, 0.4) is 0 Å².